The molecule has 1 unspecified atom stereocenters. The molecule has 2 aromatic carbocycles. The molecule has 1 heterocycles. The van der Waals surface area contributed by atoms with Gasteiger partial charge in [-0.25, -0.2) is 0 Å². The standard InChI is InChI=1S/C19H22ClNO2/c20-19-8-4-3-7-17(19)13-23-14-18(22)12-21-10-9-15-5-1-2-6-16(15)11-21/h1-8,18,22H,9-14H2. The van der Waals surface area contributed by atoms with E-state index in [1.807, 2.05) is 24.3 Å². The third-order valence-electron chi connectivity index (χ3n) is 4.20. The molecule has 0 saturated carbocycles. The summed E-state index contributed by atoms with van der Waals surface area (Å²) in [5, 5.41) is 10.9. The van der Waals surface area contributed by atoms with Gasteiger partial charge in [0.05, 0.1) is 19.3 Å². The van der Waals surface area contributed by atoms with Crippen LogP contribution in [-0.4, -0.2) is 35.8 Å². The fraction of sp³-hybridized carbons (Fsp3) is 0.368. The van der Waals surface area contributed by atoms with Crippen LogP contribution in [0.1, 0.15) is 16.7 Å². The van der Waals surface area contributed by atoms with Gasteiger partial charge in [-0.05, 0) is 29.2 Å². The van der Waals surface area contributed by atoms with Crippen molar-refractivity contribution in [3.63, 3.8) is 0 Å². The van der Waals surface area contributed by atoms with Gasteiger partial charge in [0.15, 0.2) is 0 Å². The number of hydrogen-bond donors (Lipinski definition) is 1. The number of β-amino-alcohol motifs (C(OH)–C–C–N with tert-alkyl or cyclic N) is 1. The van der Waals surface area contributed by atoms with Crippen molar-refractivity contribution in [1.29, 1.82) is 0 Å². The summed E-state index contributed by atoms with van der Waals surface area (Å²) < 4.78 is 5.61. The summed E-state index contributed by atoms with van der Waals surface area (Å²) in [6, 6.07) is 16.1. The molecule has 0 aliphatic carbocycles. The summed E-state index contributed by atoms with van der Waals surface area (Å²) >= 11 is 6.09. The number of aliphatic hydroxyl groups is 1. The Morgan fingerprint density at radius 1 is 1.09 bits per heavy atom. The van der Waals surface area contributed by atoms with Crippen LogP contribution in [0.2, 0.25) is 5.02 Å². The van der Waals surface area contributed by atoms with Crippen LogP contribution in [0.4, 0.5) is 0 Å². The van der Waals surface area contributed by atoms with Gasteiger partial charge in [-0.15, -0.1) is 0 Å². The van der Waals surface area contributed by atoms with Gasteiger partial charge in [-0.2, -0.15) is 0 Å². The molecule has 0 aromatic heterocycles. The van der Waals surface area contributed by atoms with Crippen molar-refractivity contribution in [3.8, 4) is 0 Å². The first-order chi connectivity index (χ1) is 11.2. The molecule has 3 rings (SSSR count). The molecule has 0 fully saturated rings. The van der Waals surface area contributed by atoms with E-state index in [2.05, 4.69) is 29.2 Å². The fourth-order valence-corrected chi connectivity index (χ4v) is 3.17. The number of nitrogens with zero attached hydrogens (tertiary/aromatic N) is 1. The van der Waals surface area contributed by atoms with Gasteiger partial charge < -0.3 is 9.84 Å². The molecule has 4 heteroatoms. The zero-order valence-electron chi connectivity index (χ0n) is 13.1. The molecule has 1 aliphatic rings. The number of ether oxygens (including phenoxy) is 1. The minimum Gasteiger partial charge on any atom is -0.389 e. The fourth-order valence-electron chi connectivity index (χ4n) is 2.98. The molecule has 0 radical (unpaired) electrons. The molecular weight excluding hydrogens is 310 g/mol. The highest BCUT2D eigenvalue weighted by Gasteiger charge is 2.18. The molecule has 3 nitrogen and oxygen atoms in total. The summed E-state index contributed by atoms with van der Waals surface area (Å²) in [7, 11) is 0. The first kappa shape index (κ1) is 16.5. The second kappa shape index (κ2) is 7.93. The normalized spacial score (nSPS) is 16.1. The summed E-state index contributed by atoms with van der Waals surface area (Å²) in [6.07, 6.45) is 0.561. The summed E-state index contributed by atoms with van der Waals surface area (Å²) in [4.78, 5) is 2.28. The lowest BCUT2D eigenvalue weighted by Crippen LogP contribution is -2.38. The molecule has 0 amide bonds. The molecule has 2 aromatic rings. The topological polar surface area (TPSA) is 32.7 Å². The first-order valence-electron chi connectivity index (χ1n) is 8.01. The average molecular weight is 332 g/mol. The van der Waals surface area contributed by atoms with Gasteiger partial charge in [-0.1, -0.05) is 54.1 Å². The average Bonchev–Trinajstić information content (AvgIpc) is 2.56. The van der Waals surface area contributed by atoms with E-state index in [4.69, 9.17) is 16.3 Å². The number of benzene rings is 2. The maximum absolute atomic E-state index is 10.2. The molecule has 0 spiro atoms. The Morgan fingerprint density at radius 3 is 2.65 bits per heavy atom. The van der Waals surface area contributed by atoms with E-state index in [0.717, 1.165) is 25.1 Å². The maximum Gasteiger partial charge on any atom is 0.0900 e. The highest BCUT2D eigenvalue weighted by atomic mass is 35.5. The van der Waals surface area contributed by atoms with Gasteiger partial charge >= 0.3 is 0 Å². The minimum atomic E-state index is -0.484. The van der Waals surface area contributed by atoms with Crippen molar-refractivity contribution in [2.45, 2.75) is 25.7 Å². The van der Waals surface area contributed by atoms with Crippen LogP contribution in [0.5, 0.6) is 0 Å². The van der Waals surface area contributed by atoms with Crippen LogP contribution in [0, 0.1) is 0 Å². The Kier molecular flexibility index (Phi) is 5.68. The number of hydrogen-bond acceptors (Lipinski definition) is 3. The lowest BCUT2D eigenvalue weighted by molar-refractivity contribution is 0.00776. The molecule has 122 valence electrons. The summed E-state index contributed by atoms with van der Waals surface area (Å²) in [5.41, 5.74) is 3.74. The van der Waals surface area contributed by atoms with Crippen LogP contribution in [0.25, 0.3) is 0 Å². The van der Waals surface area contributed by atoms with Crippen LogP contribution < -0.4 is 0 Å². The van der Waals surface area contributed by atoms with Gasteiger partial charge in [0.25, 0.3) is 0 Å². The van der Waals surface area contributed by atoms with Crippen molar-refractivity contribution in [2.24, 2.45) is 0 Å². The summed E-state index contributed by atoms with van der Waals surface area (Å²) in [6.45, 7) is 3.27. The van der Waals surface area contributed by atoms with Crippen LogP contribution >= 0.6 is 11.6 Å². The van der Waals surface area contributed by atoms with Crippen LogP contribution in [0.3, 0.4) is 0 Å². The van der Waals surface area contributed by atoms with Crippen molar-refractivity contribution >= 4 is 11.6 Å². The van der Waals surface area contributed by atoms with Crippen LogP contribution in [-0.2, 0) is 24.3 Å². The van der Waals surface area contributed by atoms with E-state index in [-0.39, 0.29) is 0 Å². The van der Waals surface area contributed by atoms with Crippen LogP contribution in [0.15, 0.2) is 48.5 Å². The molecule has 0 saturated heterocycles. The highest BCUT2D eigenvalue weighted by Crippen LogP contribution is 2.19. The third kappa shape index (κ3) is 4.55. The smallest absolute Gasteiger partial charge is 0.0900 e. The zero-order valence-corrected chi connectivity index (χ0v) is 13.9. The number of halogens is 1. The van der Waals surface area contributed by atoms with Gasteiger partial charge in [0, 0.05) is 24.7 Å². The Morgan fingerprint density at radius 2 is 1.83 bits per heavy atom. The molecule has 23 heavy (non-hydrogen) atoms. The van der Waals surface area contributed by atoms with Gasteiger partial charge in [0.1, 0.15) is 0 Å². The zero-order chi connectivity index (χ0) is 16.1. The van der Waals surface area contributed by atoms with Gasteiger partial charge in [0.2, 0.25) is 0 Å². The largest absolute Gasteiger partial charge is 0.389 e. The number of aliphatic hydroxyl groups excluding tert-OH is 1. The molecule has 0 bridgehead atoms. The predicted octanol–water partition coefficient (Wildman–Crippen LogP) is 3.28. The van der Waals surface area contributed by atoms with E-state index in [0.29, 0.717) is 24.8 Å². The monoisotopic (exact) mass is 331 g/mol. The predicted molar refractivity (Wildman–Crippen MR) is 92.5 cm³/mol. The number of fused-ring (bicyclic) bond motifs is 1. The second-order valence-electron chi connectivity index (χ2n) is 6.01. The first-order valence-corrected chi connectivity index (χ1v) is 8.38. The van der Waals surface area contributed by atoms with E-state index >= 15 is 0 Å². The Hall–Kier alpha value is -1.39. The Bertz CT molecular complexity index is 647. The molecule has 1 aliphatic heterocycles. The Balaban J connectivity index is 1.43. The van der Waals surface area contributed by atoms with Crippen molar-refractivity contribution in [2.75, 3.05) is 19.7 Å². The molecule has 1 atom stereocenters. The van der Waals surface area contributed by atoms with E-state index in [1.165, 1.54) is 11.1 Å². The minimum absolute atomic E-state index is 0.323. The lowest BCUT2D eigenvalue weighted by Gasteiger charge is -2.30. The quantitative estimate of drug-likeness (QED) is 0.881. The second-order valence-corrected chi connectivity index (χ2v) is 6.42. The maximum atomic E-state index is 10.2. The van der Waals surface area contributed by atoms with E-state index in [1.54, 1.807) is 0 Å². The van der Waals surface area contributed by atoms with Crippen molar-refractivity contribution in [3.05, 3.63) is 70.2 Å². The lowest BCUT2D eigenvalue weighted by atomic mass is 10.00. The van der Waals surface area contributed by atoms with Gasteiger partial charge in [-0.3, -0.25) is 4.90 Å². The highest BCUT2D eigenvalue weighted by molar-refractivity contribution is 6.31. The number of rotatable bonds is 6. The van der Waals surface area contributed by atoms with E-state index in [9.17, 15) is 5.11 Å². The molecular formula is C19H22ClNO2. The third-order valence-corrected chi connectivity index (χ3v) is 4.57. The van der Waals surface area contributed by atoms with Crippen molar-refractivity contribution in [1.82, 2.24) is 4.90 Å². The SMILES string of the molecule is OC(COCc1ccccc1Cl)CN1CCc2ccccc2C1. The Labute approximate surface area is 142 Å². The van der Waals surface area contributed by atoms with Crippen molar-refractivity contribution < 1.29 is 9.84 Å². The molecule has 1 N–H and O–H groups in total. The summed E-state index contributed by atoms with van der Waals surface area (Å²) in [5.74, 6) is 0. The van der Waals surface area contributed by atoms with E-state index < -0.39 is 6.10 Å².